The minimum atomic E-state index is -0.116. The SMILES string of the molecule is Cc1cc(SCC(C)N2CCNCC2)ccc1F. The maximum Gasteiger partial charge on any atom is 0.126 e. The molecule has 1 N–H and O–H groups in total. The zero-order valence-corrected chi connectivity index (χ0v) is 11.9. The third-order valence-corrected chi connectivity index (χ3v) is 4.63. The molecule has 0 radical (unpaired) electrons. The summed E-state index contributed by atoms with van der Waals surface area (Å²) in [6, 6.07) is 5.94. The second kappa shape index (κ2) is 6.55. The van der Waals surface area contributed by atoms with Gasteiger partial charge >= 0.3 is 0 Å². The molecule has 0 aromatic heterocycles. The minimum absolute atomic E-state index is 0.116. The summed E-state index contributed by atoms with van der Waals surface area (Å²) in [7, 11) is 0. The molecule has 0 bridgehead atoms. The van der Waals surface area contributed by atoms with Gasteiger partial charge in [-0.1, -0.05) is 0 Å². The van der Waals surface area contributed by atoms with Crippen molar-refractivity contribution in [3.63, 3.8) is 0 Å². The quantitative estimate of drug-likeness (QED) is 0.845. The third-order valence-electron chi connectivity index (χ3n) is 3.40. The standard InChI is InChI=1S/C14H21FN2S/c1-11-9-13(3-4-14(11)15)18-10-12(2)17-7-5-16-6-8-17/h3-4,9,12,16H,5-8,10H2,1-2H3. The molecular weight excluding hydrogens is 247 g/mol. The van der Waals surface area contributed by atoms with Crippen molar-refractivity contribution in [2.45, 2.75) is 24.8 Å². The van der Waals surface area contributed by atoms with E-state index in [1.54, 1.807) is 6.07 Å². The van der Waals surface area contributed by atoms with Crippen molar-refractivity contribution in [3.8, 4) is 0 Å². The van der Waals surface area contributed by atoms with E-state index in [-0.39, 0.29) is 5.82 Å². The minimum Gasteiger partial charge on any atom is -0.314 e. The first-order valence-corrected chi connectivity index (χ1v) is 7.49. The van der Waals surface area contributed by atoms with Crippen molar-refractivity contribution in [1.82, 2.24) is 10.2 Å². The fourth-order valence-corrected chi connectivity index (χ4v) is 3.22. The smallest absolute Gasteiger partial charge is 0.126 e. The highest BCUT2D eigenvalue weighted by atomic mass is 32.2. The molecule has 1 aromatic rings. The summed E-state index contributed by atoms with van der Waals surface area (Å²) in [4.78, 5) is 3.68. The number of benzene rings is 1. The monoisotopic (exact) mass is 268 g/mol. The molecule has 1 aliphatic rings. The zero-order valence-electron chi connectivity index (χ0n) is 11.1. The van der Waals surface area contributed by atoms with Crippen molar-refractivity contribution >= 4 is 11.8 Å². The van der Waals surface area contributed by atoms with Crippen molar-refractivity contribution in [3.05, 3.63) is 29.6 Å². The molecule has 1 unspecified atom stereocenters. The van der Waals surface area contributed by atoms with Gasteiger partial charge in [0.25, 0.3) is 0 Å². The van der Waals surface area contributed by atoms with E-state index in [1.165, 1.54) is 0 Å². The van der Waals surface area contributed by atoms with E-state index in [9.17, 15) is 4.39 Å². The molecule has 1 saturated heterocycles. The summed E-state index contributed by atoms with van der Waals surface area (Å²) in [5, 5.41) is 3.37. The second-order valence-corrected chi connectivity index (χ2v) is 5.95. The molecule has 1 fully saturated rings. The van der Waals surface area contributed by atoms with Crippen LogP contribution in [0.1, 0.15) is 12.5 Å². The molecule has 1 aromatic carbocycles. The van der Waals surface area contributed by atoms with Gasteiger partial charge in [0, 0.05) is 42.9 Å². The van der Waals surface area contributed by atoms with Crippen LogP contribution in [-0.4, -0.2) is 42.9 Å². The Morgan fingerprint density at radius 2 is 2.11 bits per heavy atom. The van der Waals surface area contributed by atoms with Gasteiger partial charge in [-0.25, -0.2) is 4.39 Å². The number of piperazine rings is 1. The summed E-state index contributed by atoms with van der Waals surface area (Å²) in [6.45, 7) is 8.53. The van der Waals surface area contributed by atoms with Crippen LogP contribution >= 0.6 is 11.8 Å². The summed E-state index contributed by atoms with van der Waals surface area (Å²) < 4.78 is 13.2. The van der Waals surface area contributed by atoms with Gasteiger partial charge in [0.05, 0.1) is 0 Å². The lowest BCUT2D eigenvalue weighted by Crippen LogP contribution is -2.48. The number of hydrogen-bond donors (Lipinski definition) is 1. The number of nitrogens with one attached hydrogen (secondary N) is 1. The molecule has 2 nitrogen and oxygen atoms in total. The highest BCUT2D eigenvalue weighted by molar-refractivity contribution is 7.99. The Morgan fingerprint density at radius 1 is 1.39 bits per heavy atom. The Kier molecular flexibility index (Phi) is 5.03. The molecule has 0 amide bonds. The lowest BCUT2D eigenvalue weighted by atomic mass is 10.2. The number of rotatable bonds is 4. The molecule has 0 saturated carbocycles. The molecule has 1 heterocycles. The largest absolute Gasteiger partial charge is 0.314 e. The molecule has 0 spiro atoms. The van der Waals surface area contributed by atoms with Gasteiger partial charge in [0.15, 0.2) is 0 Å². The summed E-state index contributed by atoms with van der Waals surface area (Å²) in [5.74, 6) is 0.944. The van der Waals surface area contributed by atoms with E-state index in [2.05, 4.69) is 17.1 Å². The third kappa shape index (κ3) is 3.70. The van der Waals surface area contributed by atoms with Crippen molar-refractivity contribution in [2.75, 3.05) is 31.9 Å². The normalized spacial score (nSPS) is 18.8. The molecular formula is C14H21FN2S. The van der Waals surface area contributed by atoms with Gasteiger partial charge in [-0.2, -0.15) is 0 Å². The van der Waals surface area contributed by atoms with Crippen molar-refractivity contribution in [2.24, 2.45) is 0 Å². The Hall–Kier alpha value is -0.580. The molecule has 2 rings (SSSR count). The molecule has 1 atom stereocenters. The average Bonchev–Trinajstić information content (AvgIpc) is 2.41. The lowest BCUT2D eigenvalue weighted by Gasteiger charge is -2.32. The molecule has 0 aliphatic carbocycles. The first-order valence-electron chi connectivity index (χ1n) is 6.50. The highest BCUT2D eigenvalue weighted by Gasteiger charge is 2.16. The summed E-state index contributed by atoms with van der Waals surface area (Å²) in [6.07, 6.45) is 0. The van der Waals surface area contributed by atoms with Crippen LogP contribution in [0.3, 0.4) is 0 Å². The number of thioether (sulfide) groups is 1. The molecule has 100 valence electrons. The molecule has 18 heavy (non-hydrogen) atoms. The van der Waals surface area contributed by atoms with Crippen LogP contribution in [-0.2, 0) is 0 Å². The fraction of sp³-hybridized carbons (Fsp3) is 0.571. The van der Waals surface area contributed by atoms with E-state index in [0.717, 1.165) is 42.4 Å². The number of hydrogen-bond acceptors (Lipinski definition) is 3. The summed E-state index contributed by atoms with van der Waals surface area (Å²) >= 11 is 1.82. The number of nitrogens with zero attached hydrogens (tertiary/aromatic N) is 1. The van der Waals surface area contributed by atoms with Gasteiger partial charge < -0.3 is 5.32 Å². The van der Waals surface area contributed by atoms with E-state index >= 15 is 0 Å². The van der Waals surface area contributed by atoms with Crippen LogP contribution in [0.2, 0.25) is 0 Å². The first-order chi connectivity index (χ1) is 8.66. The Morgan fingerprint density at radius 3 is 2.78 bits per heavy atom. The Labute approximate surface area is 113 Å². The van der Waals surface area contributed by atoms with Crippen molar-refractivity contribution in [1.29, 1.82) is 0 Å². The maximum atomic E-state index is 13.2. The first kappa shape index (κ1) is 13.8. The zero-order chi connectivity index (χ0) is 13.0. The van der Waals surface area contributed by atoms with Crippen LogP contribution in [0.15, 0.2) is 23.1 Å². The number of halogens is 1. The number of aryl methyl sites for hydroxylation is 1. The second-order valence-electron chi connectivity index (χ2n) is 4.86. The Bertz CT molecular complexity index is 391. The van der Waals surface area contributed by atoms with E-state index < -0.39 is 0 Å². The van der Waals surface area contributed by atoms with Gasteiger partial charge in [0.2, 0.25) is 0 Å². The van der Waals surface area contributed by atoms with E-state index in [4.69, 9.17) is 0 Å². The van der Waals surface area contributed by atoms with Crippen LogP contribution < -0.4 is 5.32 Å². The van der Waals surface area contributed by atoms with E-state index in [1.807, 2.05) is 30.8 Å². The van der Waals surface area contributed by atoms with Crippen LogP contribution in [0.4, 0.5) is 4.39 Å². The maximum absolute atomic E-state index is 13.2. The molecule has 4 heteroatoms. The van der Waals surface area contributed by atoms with Gasteiger partial charge in [-0.3, -0.25) is 4.90 Å². The van der Waals surface area contributed by atoms with Gasteiger partial charge in [0.1, 0.15) is 5.82 Å². The topological polar surface area (TPSA) is 15.3 Å². The van der Waals surface area contributed by atoms with Gasteiger partial charge in [-0.15, -0.1) is 11.8 Å². The van der Waals surface area contributed by atoms with Crippen molar-refractivity contribution < 1.29 is 4.39 Å². The Balaban J connectivity index is 1.84. The van der Waals surface area contributed by atoms with Crippen LogP contribution in [0, 0.1) is 12.7 Å². The average molecular weight is 268 g/mol. The van der Waals surface area contributed by atoms with Gasteiger partial charge in [-0.05, 0) is 37.6 Å². The van der Waals surface area contributed by atoms with E-state index in [0.29, 0.717) is 6.04 Å². The molecule has 1 aliphatic heterocycles. The van der Waals surface area contributed by atoms with Crippen LogP contribution in [0.5, 0.6) is 0 Å². The lowest BCUT2D eigenvalue weighted by molar-refractivity contribution is 0.198. The predicted octanol–water partition coefficient (Wildman–Crippen LogP) is 2.52. The fourth-order valence-electron chi connectivity index (χ4n) is 2.15. The summed E-state index contributed by atoms with van der Waals surface area (Å²) in [5.41, 5.74) is 0.731. The highest BCUT2D eigenvalue weighted by Crippen LogP contribution is 2.22. The van der Waals surface area contributed by atoms with Crippen LogP contribution in [0.25, 0.3) is 0 Å². The predicted molar refractivity (Wildman–Crippen MR) is 75.8 cm³/mol.